The predicted octanol–water partition coefficient (Wildman–Crippen LogP) is 5.10. The normalized spacial score (nSPS) is 10.7. The Morgan fingerprint density at radius 3 is 2.62 bits per heavy atom. The summed E-state index contributed by atoms with van der Waals surface area (Å²) in [6, 6.07) is 17.0. The fourth-order valence-electron chi connectivity index (χ4n) is 3.04. The maximum absolute atomic E-state index is 9.51. The highest BCUT2D eigenvalue weighted by Crippen LogP contribution is 2.29. The molecule has 2 aromatic carbocycles. The third kappa shape index (κ3) is 5.76. The first kappa shape index (κ1) is 23.1. The highest BCUT2D eigenvalue weighted by molar-refractivity contribution is 6.31. The van der Waals surface area contributed by atoms with Gasteiger partial charge in [-0.1, -0.05) is 29.8 Å². The lowest BCUT2D eigenvalue weighted by Crippen LogP contribution is -2.03. The van der Waals surface area contributed by atoms with E-state index in [1.807, 2.05) is 43.3 Å². The van der Waals surface area contributed by atoms with Gasteiger partial charge in [0.05, 0.1) is 19.9 Å². The number of aromatic nitrogens is 1. The summed E-state index contributed by atoms with van der Waals surface area (Å²) in [5.41, 5.74) is 6.43. The molecule has 0 aliphatic rings. The Morgan fingerprint density at radius 2 is 1.91 bits per heavy atom. The van der Waals surface area contributed by atoms with Gasteiger partial charge in [0.25, 0.3) is 0 Å². The molecule has 0 bridgehead atoms. The topological polar surface area (TPSA) is 88.8 Å². The van der Waals surface area contributed by atoms with E-state index in [1.165, 1.54) is 0 Å². The van der Waals surface area contributed by atoms with Crippen LogP contribution in [0, 0.1) is 18.3 Å². The second-order valence-electron chi connectivity index (χ2n) is 6.85. The Kier molecular flexibility index (Phi) is 8.03. The number of nitriles is 1. The Hall–Kier alpha value is -3.60. The van der Waals surface area contributed by atoms with Crippen LogP contribution in [0.3, 0.4) is 0 Å². The molecule has 1 aromatic heterocycles. The molecule has 0 atom stereocenters. The first-order valence-corrected chi connectivity index (χ1v) is 10.2. The van der Waals surface area contributed by atoms with Crippen molar-refractivity contribution < 1.29 is 14.2 Å². The van der Waals surface area contributed by atoms with Crippen molar-refractivity contribution in [3.05, 3.63) is 81.5 Å². The van der Waals surface area contributed by atoms with Crippen molar-refractivity contribution in [2.45, 2.75) is 20.1 Å². The van der Waals surface area contributed by atoms with Crippen molar-refractivity contribution in [2.24, 2.45) is 5.10 Å². The Bertz CT molecular complexity index is 1160. The van der Waals surface area contributed by atoms with E-state index in [2.05, 4.69) is 21.6 Å². The van der Waals surface area contributed by atoms with Crippen LogP contribution in [-0.4, -0.2) is 25.4 Å². The minimum absolute atomic E-state index is 0.317. The van der Waals surface area contributed by atoms with Crippen LogP contribution in [-0.2, 0) is 18.0 Å². The average Bonchev–Trinajstić information content (AvgIpc) is 2.79. The number of methoxy groups -OCH3 is 2. The SMILES string of the molecule is COCc1cc(C)nc(N/N=C/c2ccc(OCc3ccccc3Cl)c(OC)c2)c1C#N. The maximum atomic E-state index is 9.51. The number of anilines is 1. The molecule has 8 heteroatoms. The summed E-state index contributed by atoms with van der Waals surface area (Å²) in [5, 5.41) is 14.4. The summed E-state index contributed by atoms with van der Waals surface area (Å²) in [6.45, 7) is 2.49. The quantitative estimate of drug-likeness (QED) is 0.360. The lowest BCUT2D eigenvalue weighted by atomic mass is 10.1. The van der Waals surface area contributed by atoms with E-state index in [9.17, 15) is 5.26 Å². The second kappa shape index (κ2) is 11.1. The van der Waals surface area contributed by atoms with E-state index in [0.717, 1.165) is 22.4 Å². The van der Waals surface area contributed by atoms with Gasteiger partial charge < -0.3 is 14.2 Å². The highest BCUT2D eigenvalue weighted by atomic mass is 35.5. The highest BCUT2D eigenvalue weighted by Gasteiger charge is 2.11. The predicted molar refractivity (Wildman–Crippen MR) is 124 cm³/mol. The van der Waals surface area contributed by atoms with E-state index in [-0.39, 0.29) is 0 Å². The monoisotopic (exact) mass is 450 g/mol. The van der Waals surface area contributed by atoms with Crippen molar-refractivity contribution in [2.75, 3.05) is 19.6 Å². The zero-order valence-corrected chi connectivity index (χ0v) is 18.8. The van der Waals surface area contributed by atoms with E-state index < -0.39 is 0 Å². The van der Waals surface area contributed by atoms with Crippen LogP contribution in [0.4, 0.5) is 5.82 Å². The van der Waals surface area contributed by atoms with Crippen molar-refractivity contribution in [1.29, 1.82) is 5.26 Å². The van der Waals surface area contributed by atoms with Gasteiger partial charge in [0.2, 0.25) is 0 Å². The number of nitrogens with zero attached hydrogens (tertiary/aromatic N) is 3. The molecule has 0 unspecified atom stereocenters. The van der Waals surface area contributed by atoms with Gasteiger partial charge in [0, 0.05) is 29.0 Å². The summed E-state index contributed by atoms with van der Waals surface area (Å²) < 4.78 is 16.5. The number of benzene rings is 2. The molecule has 0 radical (unpaired) electrons. The molecule has 1 heterocycles. The molecule has 0 spiro atoms. The number of ether oxygens (including phenoxy) is 3. The molecule has 3 aromatic rings. The van der Waals surface area contributed by atoms with Gasteiger partial charge in [-0.3, -0.25) is 5.43 Å². The Labute approximate surface area is 192 Å². The lowest BCUT2D eigenvalue weighted by Gasteiger charge is -2.12. The average molecular weight is 451 g/mol. The maximum Gasteiger partial charge on any atom is 0.164 e. The minimum Gasteiger partial charge on any atom is -0.493 e. The van der Waals surface area contributed by atoms with Crippen molar-refractivity contribution in [3.63, 3.8) is 0 Å². The van der Waals surface area contributed by atoms with Crippen LogP contribution in [0.25, 0.3) is 0 Å². The van der Waals surface area contributed by atoms with Crippen LogP contribution in [0.15, 0.2) is 53.6 Å². The zero-order chi connectivity index (χ0) is 22.9. The van der Waals surface area contributed by atoms with E-state index >= 15 is 0 Å². The summed E-state index contributed by atoms with van der Waals surface area (Å²) in [6.07, 6.45) is 1.61. The fraction of sp³-hybridized carbons (Fsp3) is 0.208. The summed E-state index contributed by atoms with van der Waals surface area (Å²) in [7, 11) is 3.15. The van der Waals surface area contributed by atoms with Gasteiger partial charge >= 0.3 is 0 Å². The van der Waals surface area contributed by atoms with Crippen LogP contribution < -0.4 is 14.9 Å². The number of aryl methyl sites for hydroxylation is 1. The zero-order valence-electron chi connectivity index (χ0n) is 18.1. The van der Waals surface area contributed by atoms with Gasteiger partial charge in [-0.2, -0.15) is 10.4 Å². The molecule has 7 nitrogen and oxygen atoms in total. The van der Waals surface area contributed by atoms with E-state index in [0.29, 0.717) is 41.1 Å². The van der Waals surface area contributed by atoms with Crippen LogP contribution >= 0.6 is 11.6 Å². The number of hydrazone groups is 1. The molecule has 0 amide bonds. The van der Waals surface area contributed by atoms with Gasteiger partial charge in [0.15, 0.2) is 17.3 Å². The Morgan fingerprint density at radius 1 is 1.09 bits per heavy atom. The number of nitrogens with one attached hydrogen (secondary N) is 1. The number of hydrogen-bond donors (Lipinski definition) is 1. The van der Waals surface area contributed by atoms with Gasteiger partial charge in [-0.15, -0.1) is 0 Å². The minimum atomic E-state index is 0.317. The molecule has 0 saturated heterocycles. The van der Waals surface area contributed by atoms with Crippen molar-refractivity contribution >= 4 is 23.6 Å². The molecule has 3 rings (SSSR count). The van der Waals surface area contributed by atoms with Gasteiger partial charge in [-0.25, -0.2) is 4.98 Å². The second-order valence-corrected chi connectivity index (χ2v) is 7.26. The standard InChI is InChI=1S/C24H23ClN4O3/c1-16-10-19(14-30-2)20(12-26)24(28-16)29-27-13-17-8-9-22(23(11-17)31-3)32-15-18-6-4-5-7-21(18)25/h4-11,13H,14-15H2,1-3H3,(H,28,29)/b27-13+. The van der Waals surface area contributed by atoms with Crippen LogP contribution in [0.2, 0.25) is 5.02 Å². The molecule has 0 aliphatic carbocycles. The number of rotatable bonds is 9. The van der Waals surface area contributed by atoms with Crippen LogP contribution in [0.1, 0.15) is 27.9 Å². The smallest absolute Gasteiger partial charge is 0.164 e. The first-order chi connectivity index (χ1) is 15.5. The number of hydrogen-bond acceptors (Lipinski definition) is 7. The largest absolute Gasteiger partial charge is 0.493 e. The molecule has 164 valence electrons. The van der Waals surface area contributed by atoms with Crippen LogP contribution in [0.5, 0.6) is 11.5 Å². The fourth-order valence-corrected chi connectivity index (χ4v) is 3.23. The van der Waals surface area contributed by atoms with E-state index in [1.54, 1.807) is 32.6 Å². The summed E-state index contributed by atoms with van der Waals surface area (Å²) >= 11 is 6.19. The molecular weight excluding hydrogens is 428 g/mol. The molecule has 0 aliphatic heterocycles. The summed E-state index contributed by atoms with van der Waals surface area (Å²) in [4.78, 5) is 4.37. The number of halogens is 1. The third-order valence-electron chi connectivity index (χ3n) is 4.55. The Balaban J connectivity index is 1.73. The van der Waals surface area contributed by atoms with Crippen molar-refractivity contribution in [3.8, 4) is 17.6 Å². The number of pyridine rings is 1. The summed E-state index contributed by atoms with van der Waals surface area (Å²) in [5.74, 6) is 1.53. The van der Waals surface area contributed by atoms with Gasteiger partial charge in [-0.05, 0) is 42.8 Å². The van der Waals surface area contributed by atoms with E-state index in [4.69, 9.17) is 25.8 Å². The molecule has 32 heavy (non-hydrogen) atoms. The molecule has 0 saturated carbocycles. The molecule has 1 N–H and O–H groups in total. The van der Waals surface area contributed by atoms with Gasteiger partial charge in [0.1, 0.15) is 18.2 Å². The van der Waals surface area contributed by atoms with Crippen molar-refractivity contribution in [1.82, 2.24) is 4.98 Å². The molecule has 0 fully saturated rings. The first-order valence-electron chi connectivity index (χ1n) is 9.78. The molecular formula is C24H23ClN4O3. The lowest BCUT2D eigenvalue weighted by molar-refractivity contribution is 0.184. The third-order valence-corrected chi connectivity index (χ3v) is 4.92.